The first kappa shape index (κ1) is 15.6. The molecule has 0 saturated carbocycles. The van der Waals surface area contributed by atoms with Crippen molar-refractivity contribution in [1.29, 1.82) is 0 Å². The number of thioether (sulfide) groups is 1. The lowest BCUT2D eigenvalue weighted by atomic mass is 10.2. The van der Waals surface area contributed by atoms with E-state index >= 15 is 0 Å². The van der Waals surface area contributed by atoms with Crippen LogP contribution in [0.4, 0.5) is 0 Å². The molecule has 0 aromatic carbocycles. The van der Waals surface area contributed by atoms with Crippen molar-refractivity contribution in [3.8, 4) is 0 Å². The van der Waals surface area contributed by atoms with Crippen molar-refractivity contribution in [2.24, 2.45) is 5.16 Å². The van der Waals surface area contributed by atoms with Crippen LogP contribution in [-0.2, 0) is 6.42 Å². The molecule has 0 spiro atoms. The van der Waals surface area contributed by atoms with Gasteiger partial charge < -0.3 is 5.21 Å². The first-order valence-corrected chi connectivity index (χ1v) is 8.43. The molecule has 0 atom stereocenters. The van der Waals surface area contributed by atoms with Crippen LogP contribution < -0.4 is 0 Å². The lowest BCUT2D eigenvalue weighted by Crippen LogP contribution is -2.04. The smallest absolute Gasteiger partial charge is 0.104 e. The highest BCUT2D eigenvalue weighted by Crippen LogP contribution is 2.33. The van der Waals surface area contributed by atoms with E-state index in [1.165, 1.54) is 16.9 Å². The van der Waals surface area contributed by atoms with Gasteiger partial charge >= 0.3 is 0 Å². The molecule has 2 aromatic heterocycles. The SMILES string of the molecule is CCc1cnccc1SC/C(=N/O)c1cc(Cl)sc1Cl. The van der Waals surface area contributed by atoms with Crippen molar-refractivity contribution in [3.05, 3.63) is 44.3 Å². The Morgan fingerprint density at radius 3 is 2.90 bits per heavy atom. The molecule has 2 rings (SSSR count). The van der Waals surface area contributed by atoms with E-state index < -0.39 is 0 Å². The molecule has 106 valence electrons. The Morgan fingerprint density at radius 2 is 2.30 bits per heavy atom. The Hall–Kier alpha value is -0.750. The highest BCUT2D eigenvalue weighted by molar-refractivity contribution is 8.00. The topological polar surface area (TPSA) is 45.5 Å². The van der Waals surface area contributed by atoms with Crippen LogP contribution in [0.1, 0.15) is 18.1 Å². The van der Waals surface area contributed by atoms with Gasteiger partial charge in [-0.15, -0.1) is 23.1 Å². The van der Waals surface area contributed by atoms with E-state index in [1.54, 1.807) is 24.0 Å². The summed E-state index contributed by atoms with van der Waals surface area (Å²) in [6.07, 6.45) is 4.52. The van der Waals surface area contributed by atoms with Crippen LogP contribution in [0, 0.1) is 0 Å². The monoisotopic (exact) mass is 346 g/mol. The van der Waals surface area contributed by atoms with Crippen LogP contribution in [0.25, 0.3) is 0 Å². The van der Waals surface area contributed by atoms with Gasteiger partial charge in [-0.25, -0.2) is 0 Å². The molecular weight excluding hydrogens is 335 g/mol. The molecule has 0 aliphatic carbocycles. The van der Waals surface area contributed by atoms with Crippen LogP contribution in [0.3, 0.4) is 0 Å². The Kier molecular flexibility index (Phi) is 5.72. The van der Waals surface area contributed by atoms with Gasteiger partial charge in [0, 0.05) is 28.6 Å². The van der Waals surface area contributed by atoms with Crippen molar-refractivity contribution in [1.82, 2.24) is 4.98 Å². The Labute approximate surface area is 135 Å². The van der Waals surface area contributed by atoms with Crippen LogP contribution in [0.15, 0.2) is 34.6 Å². The van der Waals surface area contributed by atoms with Crippen LogP contribution >= 0.6 is 46.3 Å². The van der Waals surface area contributed by atoms with Crippen molar-refractivity contribution < 1.29 is 5.21 Å². The number of halogens is 2. The molecule has 0 radical (unpaired) electrons. The third kappa shape index (κ3) is 3.67. The average molecular weight is 347 g/mol. The van der Waals surface area contributed by atoms with E-state index in [0.717, 1.165) is 11.3 Å². The van der Waals surface area contributed by atoms with Gasteiger partial charge in [0.15, 0.2) is 0 Å². The van der Waals surface area contributed by atoms with Crippen LogP contribution in [-0.4, -0.2) is 21.7 Å². The molecule has 3 nitrogen and oxygen atoms in total. The maximum absolute atomic E-state index is 9.18. The number of aryl methyl sites for hydroxylation is 1. The van der Waals surface area contributed by atoms with Gasteiger partial charge in [-0.3, -0.25) is 4.98 Å². The largest absolute Gasteiger partial charge is 0.411 e. The van der Waals surface area contributed by atoms with Crippen molar-refractivity contribution in [2.75, 3.05) is 5.75 Å². The zero-order valence-corrected chi connectivity index (χ0v) is 13.8. The third-order valence-electron chi connectivity index (χ3n) is 2.69. The predicted molar refractivity (Wildman–Crippen MR) is 87.0 cm³/mol. The maximum Gasteiger partial charge on any atom is 0.104 e. The summed E-state index contributed by atoms with van der Waals surface area (Å²) < 4.78 is 1.11. The van der Waals surface area contributed by atoms with Crippen molar-refractivity contribution in [3.63, 3.8) is 0 Å². The highest BCUT2D eigenvalue weighted by Gasteiger charge is 2.14. The van der Waals surface area contributed by atoms with Gasteiger partial charge in [0.25, 0.3) is 0 Å². The third-order valence-corrected chi connectivity index (χ3v) is 5.31. The Morgan fingerprint density at radius 1 is 1.50 bits per heavy atom. The summed E-state index contributed by atoms with van der Waals surface area (Å²) in [5.41, 5.74) is 2.37. The average Bonchev–Trinajstić information content (AvgIpc) is 2.79. The number of hydrogen-bond acceptors (Lipinski definition) is 5. The van der Waals surface area contributed by atoms with E-state index in [-0.39, 0.29) is 0 Å². The lowest BCUT2D eigenvalue weighted by Gasteiger charge is -2.07. The second-order valence-corrected chi connectivity index (χ2v) is 7.21. The van der Waals surface area contributed by atoms with Gasteiger partial charge in [0.1, 0.15) is 4.34 Å². The quantitative estimate of drug-likeness (QED) is 0.359. The fourth-order valence-corrected chi connectivity index (χ4v) is 4.22. The molecule has 0 bridgehead atoms. The second-order valence-electron chi connectivity index (χ2n) is 3.91. The molecule has 7 heteroatoms. The molecular formula is C13H12Cl2N2OS2. The molecule has 0 saturated heterocycles. The molecule has 20 heavy (non-hydrogen) atoms. The maximum atomic E-state index is 9.18. The summed E-state index contributed by atoms with van der Waals surface area (Å²) in [6.45, 7) is 2.08. The van der Waals surface area contributed by atoms with E-state index in [4.69, 9.17) is 23.2 Å². The standard InChI is InChI=1S/C13H12Cl2N2OS2/c1-2-8-6-16-4-3-11(8)19-7-10(17-18)9-5-12(14)20-13(9)15/h3-6,18H,2,7H2,1H3/b17-10-. The van der Waals surface area contributed by atoms with Gasteiger partial charge in [0.05, 0.1) is 10.0 Å². The molecule has 0 amide bonds. The Balaban J connectivity index is 2.14. The lowest BCUT2D eigenvalue weighted by molar-refractivity contribution is 0.319. The summed E-state index contributed by atoms with van der Waals surface area (Å²) in [5, 5.41) is 12.5. The molecule has 0 aliphatic rings. The number of thiophene rings is 1. The summed E-state index contributed by atoms with van der Waals surface area (Å²) in [5.74, 6) is 0.514. The summed E-state index contributed by atoms with van der Waals surface area (Å²) >= 11 is 14.8. The summed E-state index contributed by atoms with van der Waals surface area (Å²) in [7, 11) is 0. The van der Waals surface area contributed by atoms with E-state index in [2.05, 4.69) is 17.1 Å². The van der Waals surface area contributed by atoms with Gasteiger partial charge in [-0.1, -0.05) is 35.3 Å². The van der Waals surface area contributed by atoms with Crippen LogP contribution in [0.2, 0.25) is 8.67 Å². The van der Waals surface area contributed by atoms with Crippen LogP contribution in [0.5, 0.6) is 0 Å². The minimum absolute atomic E-state index is 0.514. The predicted octanol–water partition coefficient (Wildman–Crippen LogP) is 4.98. The zero-order chi connectivity index (χ0) is 14.5. The molecule has 0 unspecified atom stereocenters. The van der Waals surface area contributed by atoms with Crippen molar-refractivity contribution >= 4 is 52.0 Å². The van der Waals surface area contributed by atoms with E-state index in [9.17, 15) is 5.21 Å². The van der Waals surface area contributed by atoms with Crippen molar-refractivity contribution in [2.45, 2.75) is 18.2 Å². The number of rotatable bonds is 5. The first-order valence-electron chi connectivity index (χ1n) is 5.87. The second kappa shape index (κ2) is 7.31. The number of pyridine rings is 1. The summed E-state index contributed by atoms with van der Waals surface area (Å²) in [4.78, 5) is 5.24. The van der Waals surface area contributed by atoms with E-state index in [1.807, 2.05) is 12.3 Å². The minimum atomic E-state index is 0.514. The van der Waals surface area contributed by atoms with Gasteiger partial charge in [0.2, 0.25) is 0 Å². The normalized spacial score (nSPS) is 11.8. The molecule has 0 aliphatic heterocycles. The molecule has 0 fully saturated rings. The first-order chi connectivity index (χ1) is 9.65. The zero-order valence-electron chi connectivity index (χ0n) is 10.6. The van der Waals surface area contributed by atoms with E-state index in [0.29, 0.717) is 25.7 Å². The fourth-order valence-electron chi connectivity index (χ4n) is 1.66. The fraction of sp³-hybridized carbons (Fsp3) is 0.231. The molecule has 2 heterocycles. The Bertz CT molecular complexity index is 629. The minimum Gasteiger partial charge on any atom is -0.411 e. The number of hydrogen-bond donors (Lipinski definition) is 1. The number of nitrogens with zero attached hydrogens (tertiary/aromatic N) is 2. The van der Waals surface area contributed by atoms with Gasteiger partial charge in [-0.2, -0.15) is 0 Å². The molecule has 1 N–H and O–H groups in total. The number of aromatic nitrogens is 1. The van der Waals surface area contributed by atoms with Gasteiger partial charge in [-0.05, 0) is 24.1 Å². The molecule has 2 aromatic rings. The summed E-state index contributed by atoms with van der Waals surface area (Å²) in [6, 6.07) is 3.68. The number of oxime groups is 1. The highest BCUT2D eigenvalue weighted by atomic mass is 35.5.